The molecular formula is C10H19NO. The first kappa shape index (κ1) is 9.75. The van der Waals surface area contributed by atoms with Gasteiger partial charge in [-0.15, -0.1) is 0 Å². The standard InChI is InChI=1S/C10H19NO/c1-3-11-8-9(2)7-10-5-4-6-12-10/h7,10-11H,3-6,8H2,1-2H3. The largest absolute Gasteiger partial charge is 0.374 e. The van der Waals surface area contributed by atoms with Crippen molar-refractivity contribution in [2.75, 3.05) is 19.7 Å². The summed E-state index contributed by atoms with van der Waals surface area (Å²) in [6, 6.07) is 0. The van der Waals surface area contributed by atoms with Gasteiger partial charge in [-0.05, 0) is 26.3 Å². The van der Waals surface area contributed by atoms with Gasteiger partial charge in [0.2, 0.25) is 0 Å². The molecule has 0 aliphatic carbocycles. The van der Waals surface area contributed by atoms with Gasteiger partial charge in [0.05, 0.1) is 6.10 Å². The second-order valence-corrected chi connectivity index (χ2v) is 3.34. The molecule has 2 heteroatoms. The molecule has 0 aromatic carbocycles. The third-order valence-corrected chi connectivity index (χ3v) is 2.09. The SMILES string of the molecule is CCNCC(C)=CC1CCCO1. The number of likely N-dealkylation sites (N-methyl/N-ethyl adjacent to an activating group) is 1. The quantitative estimate of drug-likeness (QED) is 0.647. The molecule has 1 fully saturated rings. The molecule has 0 spiro atoms. The van der Waals surface area contributed by atoms with Gasteiger partial charge in [0.1, 0.15) is 0 Å². The smallest absolute Gasteiger partial charge is 0.0759 e. The van der Waals surface area contributed by atoms with Crippen molar-refractivity contribution in [1.82, 2.24) is 5.32 Å². The Labute approximate surface area is 75.0 Å². The molecule has 70 valence electrons. The Bertz CT molecular complexity index is 148. The summed E-state index contributed by atoms with van der Waals surface area (Å²) in [4.78, 5) is 0. The first-order valence-electron chi connectivity index (χ1n) is 4.82. The van der Waals surface area contributed by atoms with Crippen molar-refractivity contribution < 1.29 is 4.74 Å². The van der Waals surface area contributed by atoms with Crippen LogP contribution in [0, 0.1) is 0 Å². The third kappa shape index (κ3) is 3.37. The second-order valence-electron chi connectivity index (χ2n) is 3.34. The van der Waals surface area contributed by atoms with E-state index >= 15 is 0 Å². The van der Waals surface area contributed by atoms with Crippen LogP contribution in [-0.2, 0) is 4.74 Å². The van der Waals surface area contributed by atoms with E-state index in [0.29, 0.717) is 6.10 Å². The van der Waals surface area contributed by atoms with Crippen molar-refractivity contribution in [3.8, 4) is 0 Å². The van der Waals surface area contributed by atoms with Crippen molar-refractivity contribution >= 4 is 0 Å². The van der Waals surface area contributed by atoms with E-state index in [1.807, 2.05) is 0 Å². The van der Waals surface area contributed by atoms with E-state index in [-0.39, 0.29) is 0 Å². The van der Waals surface area contributed by atoms with Gasteiger partial charge in [-0.25, -0.2) is 0 Å². The van der Waals surface area contributed by atoms with E-state index in [1.54, 1.807) is 0 Å². The lowest BCUT2D eigenvalue weighted by Gasteiger charge is -2.06. The Kier molecular flexibility index (Phi) is 4.33. The lowest BCUT2D eigenvalue weighted by atomic mass is 10.1. The summed E-state index contributed by atoms with van der Waals surface area (Å²) < 4.78 is 5.50. The van der Waals surface area contributed by atoms with Crippen molar-refractivity contribution in [3.05, 3.63) is 11.6 Å². The van der Waals surface area contributed by atoms with Crippen LogP contribution in [0.25, 0.3) is 0 Å². The molecule has 0 radical (unpaired) electrons. The van der Waals surface area contributed by atoms with Crippen LogP contribution in [0.3, 0.4) is 0 Å². The summed E-state index contributed by atoms with van der Waals surface area (Å²) in [6.07, 6.45) is 5.05. The molecule has 2 nitrogen and oxygen atoms in total. The molecule has 0 aromatic rings. The third-order valence-electron chi connectivity index (χ3n) is 2.09. The van der Waals surface area contributed by atoms with E-state index in [4.69, 9.17) is 4.74 Å². The number of rotatable bonds is 4. The Morgan fingerprint density at radius 3 is 3.08 bits per heavy atom. The number of nitrogens with one attached hydrogen (secondary N) is 1. The Hall–Kier alpha value is -0.340. The molecule has 1 rings (SSSR count). The minimum absolute atomic E-state index is 0.392. The normalized spacial score (nSPS) is 24.8. The first-order valence-corrected chi connectivity index (χ1v) is 4.82. The molecule has 12 heavy (non-hydrogen) atoms. The zero-order valence-electron chi connectivity index (χ0n) is 8.10. The Morgan fingerprint density at radius 2 is 2.50 bits per heavy atom. The van der Waals surface area contributed by atoms with Crippen molar-refractivity contribution in [1.29, 1.82) is 0 Å². The second kappa shape index (κ2) is 5.33. The molecular weight excluding hydrogens is 150 g/mol. The zero-order valence-corrected chi connectivity index (χ0v) is 8.10. The van der Waals surface area contributed by atoms with Crippen molar-refractivity contribution in [2.24, 2.45) is 0 Å². The molecule has 1 N–H and O–H groups in total. The fraction of sp³-hybridized carbons (Fsp3) is 0.800. The molecule has 1 aliphatic rings. The molecule has 1 saturated heterocycles. The minimum atomic E-state index is 0.392. The predicted octanol–water partition coefficient (Wildman–Crippen LogP) is 1.72. The fourth-order valence-electron chi connectivity index (χ4n) is 1.43. The lowest BCUT2D eigenvalue weighted by molar-refractivity contribution is 0.145. The number of ether oxygens (including phenoxy) is 1. The zero-order chi connectivity index (χ0) is 8.81. The van der Waals surface area contributed by atoms with Gasteiger partial charge in [-0.3, -0.25) is 0 Å². The van der Waals surface area contributed by atoms with Crippen LogP contribution in [0.4, 0.5) is 0 Å². The molecule has 0 aromatic heterocycles. The van der Waals surface area contributed by atoms with E-state index in [9.17, 15) is 0 Å². The highest BCUT2D eigenvalue weighted by Gasteiger charge is 2.12. The van der Waals surface area contributed by atoms with Crippen LogP contribution in [0.5, 0.6) is 0 Å². The Morgan fingerprint density at radius 1 is 1.67 bits per heavy atom. The highest BCUT2D eigenvalue weighted by Crippen LogP contribution is 2.14. The molecule has 1 heterocycles. The highest BCUT2D eigenvalue weighted by molar-refractivity contribution is 5.04. The van der Waals surface area contributed by atoms with Crippen LogP contribution in [0.1, 0.15) is 26.7 Å². The van der Waals surface area contributed by atoms with Crippen LogP contribution in [-0.4, -0.2) is 25.8 Å². The number of hydrogen-bond donors (Lipinski definition) is 1. The average molecular weight is 169 g/mol. The molecule has 1 aliphatic heterocycles. The molecule has 1 unspecified atom stereocenters. The topological polar surface area (TPSA) is 21.3 Å². The fourth-order valence-corrected chi connectivity index (χ4v) is 1.43. The highest BCUT2D eigenvalue weighted by atomic mass is 16.5. The first-order chi connectivity index (χ1) is 5.83. The van der Waals surface area contributed by atoms with Gasteiger partial charge in [0, 0.05) is 13.2 Å². The van der Waals surface area contributed by atoms with Gasteiger partial charge in [0.15, 0.2) is 0 Å². The van der Waals surface area contributed by atoms with E-state index in [1.165, 1.54) is 18.4 Å². The summed E-state index contributed by atoms with van der Waals surface area (Å²) in [6.45, 7) is 7.26. The monoisotopic (exact) mass is 169 g/mol. The maximum atomic E-state index is 5.50. The molecule has 0 saturated carbocycles. The Balaban J connectivity index is 2.23. The maximum absolute atomic E-state index is 5.50. The van der Waals surface area contributed by atoms with Crippen LogP contribution in [0.2, 0.25) is 0 Å². The lowest BCUT2D eigenvalue weighted by Crippen LogP contribution is -2.16. The van der Waals surface area contributed by atoms with Gasteiger partial charge >= 0.3 is 0 Å². The van der Waals surface area contributed by atoms with E-state index in [0.717, 1.165) is 19.7 Å². The average Bonchev–Trinajstić information content (AvgIpc) is 2.53. The molecule has 0 bridgehead atoms. The van der Waals surface area contributed by atoms with E-state index in [2.05, 4.69) is 25.2 Å². The molecule has 0 amide bonds. The van der Waals surface area contributed by atoms with Crippen molar-refractivity contribution in [3.63, 3.8) is 0 Å². The molecule has 1 atom stereocenters. The van der Waals surface area contributed by atoms with Gasteiger partial charge in [0.25, 0.3) is 0 Å². The van der Waals surface area contributed by atoms with Gasteiger partial charge < -0.3 is 10.1 Å². The summed E-state index contributed by atoms with van der Waals surface area (Å²) in [7, 11) is 0. The van der Waals surface area contributed by atoms with E-state index < -0.39 is 0 Å². The number of hydrogen-bond acceptors (Lipinski definition) is 2. The summed E-state index contributed by atoms with van der Waals surface area (Å²) in [5, 5.41) is 3.30. The summed E-state index contributed by atoms with van der Waals surface area (Å²) in [5.41, 5.74) is 1.39. The van der Waals surface area contributed by atoms with Crippen molar-refractivity contribution in [2.45, 2.75) is 32.8 Å². The van der Waals surface area contributed by atoms with Gasteiger partial charge in [-0.1, -0.05) is 18.6 Å². The van der Waals surface area contributed by atoms with Gasteiger partial charge in [-0.2, -0.15) is 0 Å². The summed E-state index contributed by atoms with van der Waals surface area (Å²) >= 11 is 0. The minimum Gasteiger partial charge on any atom is -0.374 e. The van der Waals surface area contributed by atoms with Crippen LogP contribution >= 0.6 is 0 Å². The summed E-state index contributed by atoms with van der Waals surface area (Å²) in [5.74, 6) is 0. The maximum Gasteiger partial charge on any atom is 0.0759 e. The predicted molar refractivity (Wildman–Crippen MR) is 51.3 cm³/mol. The van der Waals surface area contributed by atoms with Crippen LogP contribution < -0.4 is 5.32 Å². The van der Waals surface area contributed by atoms with Crippen LogP contribution in [0.15, 0.2) is 11.6 Å².